The van der Waals surface area contributed by atoms with Crippen LogP contribution >= 0.6 is 0 Å². The molecule has 2 heterocycles. The van der Waals surface area contributed by atoms with Crippen molar-refractivity contribution in [1.82, 2.24) is 25.3 Å². The predicted octanol–water partition coefficient (Wildman–Crippen LogP) is 2.47. The molecule has 156 valence electrons. The quantitative estimate of drug-likeness (QED) is 0.480. The summed E-state index contributed by atoms with van der Waals surface area (Å²) in [5.74, 6) is -0.328. The maximum atomic E-state index is 12.2. The van der Waals surface area contributed by atoms with Crippen LogP contribution in [-0.2, 0) is 22.2 Å². The Labute approximate surface area is 171 Å². The maximum absolute atomic E-state index is 12.2. The van der Waals surface area contributed by atoms with Gasteiger partial charge in [0.2, 0.25) is 0 Å². The van der Waals surface area contributed by atoms with Crippen LogP contribution in [0, 0.1) is 0 Å². The number of carbonyl (C=O) groups is 2. The molecule has 1 aromatic heterocycles. The molecule has 0 fully saturated rings. The largest absolute Gasteiger partial charge is 0.416 e. The summed E-state index contributed by atoms with van der Waals surface area (Å²) in [6.45, 7) is 11.9. The summed E-state index contributed by atoms with van der Waals surface area (Å²) in [7, 11) is -1.80. The van der Waals surface area contributed by atoms with Gasteiger partial charge in [0.15, 0.2) is 14.1 Å². The number of hydroxylamine groups is 2. The topological polar surface area (TPSA) is 99.4 Å². The SMILES string of the molecule is CC(C)(C)[Si](C)(C)OCCc1nnn(CCON2C(=O)c3ccccc3C2=O)n1. The summed E-state index contributed by atoms with van der Waals surface area (Å²) in [4.78, 5) is 31.2. The lowest BCUT2D eigenvalue weighted by atomic mass is 10.1. The fourth-order valence-corrected chi connectivity index (χ4v) is 3.63. The minimum absolute atomic E-state index is 0.0712. The smallest absolute Gasteiger partial charge is 0.285 e. The van der Waals surface area contributed by atoms with E-state index >= 15 is 0 Å². The molecular weight excluding hydrogens is 390 g/mol. The fraction of sp³-hybridized carbons (Fsp3) is 0.526. The van der Waals surface area contributed by atoms with Crippen LogP contribution in [-0.4, -0.2) is 58.6 Å². The van der Waals surface area contributed by atoms with E-state index in [1.807, 2.05) is 0 Å². The van der Waals surface area contributed by atoms with Crippen LogP contribution in [0.25, 0.3) is 0 Å². The lowest BCUT2D eigenvalue weighted by molar-refractivity contribution is -0.0948. The van der Waals surface area contributed by atoms with Gasteiger partial charge >= 0.3 is 0 Å². The van der Waals surface area contributed by atoms with Crippen LogP contribution in [0.5, 0.6) is 0 Å². The van der Waals surface area contributed by atoms with Gasteiger partial charge in [-0.15, -0.1) is 15.3 Å². The summed E-state index contributed by atoms with van der Waals surface area (Å²) < 4.78 is 6.13. The molecule has 0 atom stereocenters. The van der Waals surface area contributed by atoms with Crippen LogP contribution in [0.3, 0.4) is 0 Å². The number of hydrogen-bond donors (Lipinski definition) is 0. The molecule has 0 saturated heterocycles. The zero-order valence-corrected chi connectivity index (χ0v) is 18.5. The standard InChI is InChI=1S/C19H27N5O4Si/c1-19(2,3)29(4,5)28-12-10-16-20-22-23(21-16)11-13-27-24-17(25)14-8-6-7-9-15(14)18(24)26/h6-9H,10-13H2,1-5H3. The number of carbonyl (C=O) groups excluding carboxylic acids is 2. The number of fused-ring (bicyclic) bond motifs is 1. The predicted molar refractivity (Wildman–Crippen MR) is 108 cm³/mol. The van der Waals surface area contributed by atoms with Crippen molar-refractivity contribution < 1.29 is 18.9 Å². The number of aromatic nitrogens is 4. The maximum Gasteiger partial charge on any atom is 0.285 e. The van der Waals surface area contributed by atoms with Gasteiger partial charge in [0, 0.05) is 13.0 Å². The Morgan fingerprint density at radius 2 is 1.66 bits per heavy atom. The average molecular weight is 418 g/mol. The van der Waals surface area contributed by atoms with E-state index < -0.39 is 20.1 Å². The first-order valence-corrected chi connectivity index (χ1v) is 12.5. The average Bonchev–Trinajstić information content (AvgIpc) is 3.19. The molecule has 1 aliphatic heterocycles. The summed E-state index contributed by atoms with van der Waals surface area (Å²) >= 11 is 0. The summed E-state index contributed by atoms with van der Waals surface area (Å²) in [6, 6.07) is 6.64. The molecule has 10 heteroatoms. The van der Waals surface area contributed by atoms with Crippen molar-refractivity contribution in [2.45, 2.75) is 51.9 Å². The highest BCUT2D eigenvalue weighted by Gasteiger charge is 2.37. The van der Waals surface area contributed by atoms with Gasteiger partial charge in [-0.25, -0.2) is 0 Å². The highest BCUT2D eigenvalue weighted by atomic mass is 28.4. The molecule has 0 spiro atoms. The van der Waals surface area contributed by atoms with Gasteiger partial charge in [0.05, 0.1) is 24.3 Å². The summed E-state index contributed by atoms with van der Waals surface area (Å²) in [6.07, 6.45) is 0.575. The lowest BCUT2D eigenvalue weighted by Gasteiger charge is -2.36. The molecule has 0 N–H and O–H groups in total. The van der Waals surface area contributed by atoms with Crippen molar-refractivity contribution >= 4 is 20.1 Å². The Kier molecular flexibility index (Phi) is 5.97. The third-order valence-corrected chi connectivity index (χ3v) is 9.90. The minimum atomic E-state index is -1.80. The molecule has 0 bridgehead atoms. The molecule has 1 aliphatic rings. The van der Waals surface area contributed by atoms with Crippen LogP contribution < -0.4 is 0 Å². The Morgan fingerprint density at radius 3 is 2.24 bits per heavy atom. The highest BCUT2D eigenvalue weighted by molar-refractivity contribution is 6.74. The number of nitrogens with zero attached hydrogens (tertiary/aromatic N) is 5. The van der Waals surface area contributed by atoms with Gasteiger partial charge in [-0.2, -0.15) is 4.80 Å². The van der Waals surface area contributed by atoms with E-state index in [-0.39, 0.29) is 18.2 Å². The number of hydrogen-bond acceptors (Lipinski definition) is 7. The van der Waals surface area contributed by atoms with E-state index in [1.165, 1.54) is 4.80 Å². The Balaban J connectivity index is 1.46. The molecule has 0 radical (unpaired) electrons. The van der Waals surface area contributed by atoms with Gasteiger partial charge in [-0.05, 0) is 35.5 Å². The van der Waals surface area contributed by atoms with E-state index in [2.05, 4.69) is 49.3 Å². The molecule has 1 aromatic carbocycles. The molecule has 9 nitrogen and oxygen atoms in total. The summed E-state index contributed by atoms with van der Waals surface area (Å²) in [5.41, 5.74) is 0.695. The second-order valence-corrected chi connectivity index (χ2v) is 13.3. The third-order valence-electron chi connectivity index (χ3n) is 5.36. The Morgan fingerprint density at radius 1 is 1.03 bits per heavy atom. The van der Waals surface area contributed by atoms with E-state index in [9.17, 15) is 9.59 Å². The van der Waals surface area contributed by atoms with E-state index in [0.717, 1.165) is 5.06 Å². The first kappa shape index (κ1) is 21.3. The molecule has 3 rings (SSSR count). The zero-order valence-electron chi connectivity index (χ0n) is 17.5. The second-order valence-electron chi connectivity index (χ2n) is 8.44. The molecule has 2 amide bonds. The molecule has 0 aliphatic carbocycles. The van der Waals surface area contributed by atoms with Crippen LogP contribution in [0.15, 0.2) is 24.3 Å². The number of amides is 2. The highest BCUT2D eigenvalue weighted by Crippen LogP contribution is 2.36. The molecule has 29 heavy (non-hydrogen) atoms. The Bertz CT molecular complexity index is 871. The second kappa shape index (κ2) is 8.13. The monoisotopic (exact) mass is 417 g/mol. The summed E-state index contributed by atoms with van der Waals surface area (Å²) in [5, 5.41) is 13.2. The van der Waals surface area contributed by atoms with Crippen molar-refractivity contribution in [3.8, 4) is 0 Å². The lowest BCUT2D eigenvalue weighted by Crippen LogP contribution is -2.41. The van der Waals surface area contributed by atoms with Gasteiger partial charge in [-0.1, -0.05) is 32.9 Å². The van der Waals surface area contributed by atoms with Gasteiger partial charge < -0.3 is 4.43 Å². The van der Waals surface area contributed by atoms with Crippen molar-refractivity contribution in [3.05, 3.63) is 41.2 Å². The van der Waals surface area contributed by atoms with Crippen LogP contribution in [0.1, 0.15) is 47.3 Å². The first-order valence-electron chi connectivity index (χ1n) is 9.61. The molecule has 2 aromatic rings. The van der Waals surface area contributed by atoms with E-state index in [1.54, 1.807) is 24.3 Å². The first-order chi connectivity index (χ1) is 13.6. The van der Waals surface area contributed by atoms with Crippen molar-refractivity contribution in [2.24, 2.45) is 0 Å². The van der Waals surface area contributed by atoms with Gasteiger partial charge in [0.1, 0.15) is 0 Å². The van der Waals surface area contributed by atoms with Gasteiger partial charge in [0.25, 0.3) is 11.8 Å². The molecule has 0 saturated carbocycles. The number of benzene rings is 1. The normalized spacial score (nSPS) is 14.6. The van der Waals surface area contributed by atoms with Crippen LogP contribution in [0.2, 0.25) is 18.1 Å². The Hall–Kier alpha value is -2.43. The number of tetrazole rings is 1. The van der Waals surface area contributed by atoms with Crippen LogP contribution in [0.4, 0.5) is 0 Å². The van der Waals surface area contributed by atoms with Gasteiger partial charge in [-0.3, -0.25) is 14.4 Å². The minimum Gasteiger partial charge on any atom is -0.416 e. The van der Waals surface area contributed by atoms with Crippen molar-refractivity contribution in [2.75, 3.05) is 13.2 Å². The molecular formula is C19H27N5O4Si. The number of rotatable bonds is 8. The third kappa shape index (κ3) is 4.60. The molecule has 0 unspecified atom stereocenters. The number of imide groups is 1. The van der Waals surface area contributed by atoms with Crippen molar-refractivity contribution in [1.29, 1.82) is 0 Å². The zero-order chi connectivity index (χ0) is 21.2. The van der Waals surface area contributed by atoms with E-state index in [4.69, 9.17) is 9.26 Å². The van der Waals surface area contributed by atoms with E-state index in [0.29, 0.717) is 30.0 Å². The fourth-order valence-electron chi connectivity index (χ4n) is 2.58. The van der Waals surface area contributed by atoms with Crippen molar-refractivity contribution in [3.63, 3.8) is 0 Å².